The van der Waals surface area contributed by atoms with Gasteiger partial charge in [0, 0.05) is 11.4 Å². The summed E-state index contributed by atoms with van der Waals surface area (Å²) >= 11 is 7.23. The van der Waals surface area contributed by atoms with E-state index in [0.717, 1.165) is 6.20 Å². The van der Waals surface area contributed by atoms with Gasteiger partial charge in [-0.2, -0.15) is 0 Å². The van der Waals surface area contributed by atoms with E-state index in [0.29, 0.717) is 3.57 Å². The number of alkyl halides is 3. The van der Waals surface area contributed by atoms with Crippen molar-refractivity contribution in [1.82, 2.24) is 4.98 Å². The normalized spacial score (nSPS) is 10.7. The van der Waals surface area contributed by atoms with Gasteiger partial charge in [-0.25, -0.2) is 8.78 Å². The molecule has 1 aromatic rings. The highest BCUT2D eigenvalue weighted by atomic mass is 127. The summed E-state index contributed by atoms with van der Waals surface area (Å²) < 4.78 is 25.6. The highest BCUT2D eigenvalue weighted by molar-refractivity contribution is 14.1. The molecule has 8 heteroatoms. The second kappa shape index (κ2) is 4.97. The third kappa shape index (κ3) is 2.51. The average molecular weight is 348 g/mol. The molecule has 0 fully saturated rings. The van der Waals surface area contributed by atoms with Crippen LogP contribution in [-0.4, -0.2) is 9.91 Å². The summed E-state index contributed by atoms with van der Waals surface area (Å²) in [6.45, 7) is 0. The van der Waals surface area contributed by atoms with Crippen LogP contribution in [0.4, 0.5) is 14.6 Å². The molecule has 0 spiro atoms. The molecule has 0 aromatic carbocycles. The molecule has 15 heavy (non-hydrogen) atoms. The minimum absolute atomic E-state index is 0.0639. The lowest BCUT2D eigenvalue weighted by atomic mass is 10.1. The fourth-order valence-electron chi connectivity index (χ4n) is 1.04. The van der Waals surface area contributed by atoms with E-state index < -0.39 is 22.7 Å². The van der Waals surface area contributed by atoms with Crippen LogP contribution in [0, 0.1) is 13.7 Å². The molecule has 0 unspecified atom stereocenters. The molecule has 0 radical (unpaired) electrons. The van der Waals surface area contributed by atoms with Gasteiger partial charge in [-0.1, -0.05) is 0 Å². The fraction of sp³-hybridized carbons (Fsp3) is 0.286. The monoisotopic (exact) mass is 348 g/mol. The van der Waals surface area contributed by atoms with Gasteiger partial charge in [0.15, 0.2) is 6.20 Å². The zero-order valence-corrected chi connectivity index (χ0v) is 10.00. The SMILES string of the molecule is O=[N+]([O-])c1ncc(I)c(CCl)c1C(F)F. The lowest BCUT2D eigenvalue weighted by molar-refractivity contribution is -0.391. The van der Waals surface area contributed by atoms with Crippen LogP contribution in [0.5, 0.6) is 0 Å². The third-order valence-electron chi connectivity index (χ3n) is 1.68. The van der Waals surface area contributed by atoms with Gasteiger partial charge in [0.25, 0.3) is 6.43 Å². The fourth-order valence-corrected chi connectivity index (χ4v) is 2.17. The van der Waals surface area contributed by atoms with Gasteiger partial charge < -0.3 is 10.1 Å². The molecule has 4 nitrogen and oxygen atoms in total. The summed E-state index contributed by atoms with van der Waals surface area (Å²) in [7, 11) is 0. The zero-order chi connectivity index (χ0) is 11.6. The second-order valence-corrected chi connectivity index (χ2v) is 3.94. The molecule has 0 aliphatic heterocycles. The molecule has 0 atom stereocenters. The minimum atomic E-state index is -2.96. The Morgan fingerprint density at radius 1 is 1.67 bits per heavy atom. The van der Waals surface area contributed by atoms with Gasteiger partial charge in [-0.05, 0) is 32.5 Å². The molecule has 0 amide bonds. The van der Waals surface area contributed by atoms with Gasteiger partial charge in [-0.3, -0.25) is 0 Å². The van der Waals surface area contributed by atoms with E-state index in [4.69, 9.17) is 11.6 Å². The van der Waals surface area contributed by atoms with E-state index in [2.05, 4.69) is 4.98 Å². The van der Waals surface area contributed by atoms with Crippen molar-refractivity contribution in [2.45, 2.75) is 12.3 Å². The first kappa shape index (κ1) is 12.5. The number of halogens is 4. The zero-order valence-electron chi connectivity index (χ0n) is 7.08. The maximum Gasteiger partial charge on any atom is 0.372 e. The van der Waals surface area contributed by atoms with Crippen LogP contribution in [0.1, 0.15) is 17.6 Å². The Kier molecular flexibility index (Phi) is 4.14. The van der Waals surface area contributed by atoms with Gasteiger partial charge in [0.1, 0.15) is 5.56 Å². The van der Waals surface area contributed by atoms with E-state index in [1.165, 1.54) is 0 Å². The van der Waals surface area contributed by atoms with Gasteiger partial charge in [-0.15, -0.1) is 11.6 Å². The maximum atomic E-state index is 12.6. The predicted octanol–water partition coefficient (Wildman–Crippen LogP) is 3.27. The Hall–Kier alpha value is -0.570. The molecule has 82 valence electrons. The highest BCUT2D eigenvalue weighted by Crippen LogP contribution is 2.33. The first-order chi connectivity index (χ1) is 6.99. The van der Waals surface area contributed by atoms with Crippen LogP contribution in [-0.2, 0) is 5.88 Å². The van der Waals surface area contributed by atoms with E-state index in [1.807, 2.05) is 0 Å². The van der Waals surface area contributed by atoms with E-state index in [9.17, 15) is 18.9 Å². The first-order valence-corrected chi connectivity index (χ1v) is 5.26. The molecule has 0 aliphatic carbocycles. The Labute approximate surface area is 102 Å². The number of hydrogen-bond donors (Lipinski definition) is 0. The van der Waals surface area contributed by atoms with Crippen LogP contribution in [0.25, 0.3) is 0 Å². The van der Waals surface area contributed by atoms with Crippen LogP contribution in [0.2, 0.25) is 0 Å². The average Bonchev–Trinajstić information content (AvgIpc) is 2.16. The Balaban J connectivity index is 3.49. The van der Waals surface area contributed by atoms with Gasteiger partial charge in [0.05, 0.1) is 3.57 Å². The van der Waals surface area contributed by atoms with Crippen molar-refractivity contribution in [3.63, 3.8) is 0 Å². The predicted molar refractivity (Wildman–Crippen MR) is 58.1 cm³/mol. The highest BCUT2D eigenvalue weighted by Gasteiger charge is 2.28. The standard InChI is InChI=1S/C7H4ClF2IN2O2/c8-1-3-4(11)2-12-7(13(14)15)5(3)6(9)10/h2,6H,1H2. The molecular formula is C7H4ClF2IN2O2. The van der Waals surface area contributed by atoms with E-state index >= 15 is 0 Å². The summed E-state index contributed by atoms with van der Waals surface area (Å²) in [5, 5.41) is 10.5. The number of nitrogens with zero attached hydrogens (tertiary/aromatic N) is 2. The molecule has 0 saturated heterocycles. The second-order valence-electron chi connectivity index (χ2n) is 2.51. The van der Waals surface area contributed by atoms with Crippen LogP contribution in [0.3, 0.4) is 0 Å². The Morgan fingerprint density at radius 3 is 2.67 bits per heavy atom. The largest absolute Gasteiger partial charge is 0.372 e. The number of hydrogen-bond acceptors (Lipinski definition) is 3. The molecule has 0 N–H and O–H groups in total. The van der Waals surface area contributed by atoms with Crippen molar-refractivity contribution in [1.29, 1.82) is 0 Å². The maximum absolute atomic E-state index is 12.6. The number of aromatic nitrogens is 1. The quantitative estimate of drug-likeness (QED) is 0.365. The summed E-state index contributed by atoms with van der Waals surface area (Å²) in [5.41, 5.74) is -0.629. The number of pyridine rings is 1. The van der Waals surface area contributed by atoms with Crippen molar-refractivity contribution in [2.24, 2.45) is 0 Å². The molecule has 0 saturated carbocycles. The lowest BCUT2D eigenvalue weighted by Crippen LogP contribution is -2.04. The van der Waals surface area contributed by atoms with Crippen LogP contribution >= 0.6 is 34.2 Å². The minimum Gasteiger partial charge on any atom is -0.358 e. The third-order valence-corrected chi connectivity index (χ3v) is 2.88. The van der Waals surface area contributed by atoms with Crippen molar-refractivity contribution in [3.05, 3.63) is 31.0 Å². The first-order valence-electron chi connectivity index (χ1n) is 3.64. The molecule has 0 aliphatic rings. The summed E-state index contributed by atoms with van der Waals surface area (Å²) in [5.74, 6) is -1.04. The van der Waals surface area contributed by atoms with Crippen molar-refractivity contribution < 1.29 is 13.7 Å². The van der Waals surface area contributed by atoms with Gasteiger partial charge >= 0.3 is 5.82 Å². The summed E-state index contributed by atoms with van der Waals surface area (Å²) in [6.07, 6.45) is -1.80. The van der Waals surface area contributed by atoms with Crippen LogP contribution in [0.15, 0.2) is 6.20 Å². The molecule has 0 bridgehead atoms. The van der Waals surface area contributed by atoms with E-state index in [-0.39, 0.29) is 11.4 Å². The summed E-state index contributed by atoms with van der Waals surface area (Å²) in [4.78, 5) is 12.9. The van der Waals surface area contributed by atoms with E-state index in [1.54, 1.807) is 22.6 Å². The van der Waals surface area contributed by atoms with Crippen molar-refractivity contribution in [3.8, 4) is 0 Å². The van der Waals surface area contributed by atoms with Crippen molar-refractivity contribution >= 4 is 40.0 Å². The Bertz CT molecular complexity index is 403. The molecule has 1 aromatic heterocycles. The van der Waals surface area contributed by atoms with Gasteiger partial charge in [0.2, 0.25) is 0 Å². The summed E-state index contributed by atoms with van der Waals surface area (Å²) in [6, 6.07) is 0. The van der Waals surface area contributed by atoms with Crippen molar-refractivity contribution in [2.75, 3.05) is 0 Å². The molecular weight excluding hydrogens is 344 g/mol. The molecule has 1 heterocycles. The lowest BCUT2D eigenvalue weighted by Gasteiger charge is -2.07. The molecule has 1 rings (SSSR count). The van der Waals surface area contributed by atoms with Crippen LogP contribution < -0.4 is 0 Å². The Morgan fingerprint density at radius 2 is 2.27 bits per heavy atom. The number of rotatable bonds is 3. The topological polar surface area (TPSA) is 56.0 Å². The smallest absolute Gasteiger partial charge is 0.358 e. The number of nitro groups is 1.